The molecule has 1 aromatic heterocycles. The summed E-state index contributed by atoms with van der Waals surface area (Å²) in [4.78, 5) is 4.17. The van der Waals surface area contributed by atoms with Gasteiger partial charge < -0.3 is 19.9 Å². The average molecular weight is 308 g/mol. The maximum atomic E-state index is 10.1. The molecule has 0 fully saturated rings. The molecule has 0 radical (unpaired) electrons. The van der Waals surface area contributed by atoms with Gasteiger partial charge >= 0.3 is 0 Å². The van der Waals surface area contributed by atoms with Gasteiger partial charge in [-0.15, -0.1) is 0 Å². The molecule has 1 heterocycles. The molecular weight excluding hydrogens is 288 g/mol. The second-order valence-electron chi connectivity index (χ2n) is 4.94. The zero-order valence-corrected chi connectivity index (χ0v) is 12.7. The summed E-state index contributed by atoms with van der Waals surface area (Å²) in [7, 11) is 1.90. The van der Waals surface area contributed by atoms with Crippen LogP contribution < -0.4 is 0 Å². The molecule has 0 aliphatic heterocycles. The van der Waals surface area contributed by atoms with Crippen LogP contribution in [0, 0.1) is 0 Å². The highest BCUT2D eigenvalue weighted by molar-refractivity contribution is 7.99. The van der Waals surface area contributed by atoms with Crippen molar-refractivity contribution in [3.05, 3.63) is 47.8 Å². The third-order valence-electron chi connectivity index (χ3n) is 3.22. The van der Waals surface area contributed by atoms with E-state index in [1.807, 2.05) is 17.8 Å². The summed E-state index contributed by atoms with van der Waals surface area (Å²) < 4.78 is 1.89. The topological polar surface area (TPSA) is 78.5 Å². The number of aliphatic hydroxyl groups is 3. The van der Waals surface area contributed by atoms with Crippen LogP contribution >= 0.6 is 11.8 Å². The Balaban J connectivity index is 1.83. The summed E-state index contributed by atoms with van der Waals surface area (Å²) >= 11 is 1.46. The van der Waals surface area contributed by atoms with Gasteiger partial charge in [-0.1, -0.05) is 36.0 Å². The smallest absolute Gasteiger partial charge is 0.167 e. The van der Waals surface area contributed by atoms with E-state index in [4.69, 9.17) is 5.11 Å². The highest BCUT2D eigenvalue weighted by Gasteiger charge is 2.15. The lowest BCUT2D eigenvalue weighted by Gasteiger charge is -2.16. The van der Waals surface area contributed by atoms with E-state index < -0.39 is 12.2 Å². The van der Waals surface area contributed by atoms with Gasteiger partial charge in [-0.3, -0.25) is 0 Å². The van der Waals surface area contributed by atoms with Crippen LogP contribution in [-0.2, 0) is 13.7 Å². The highest BCUT2D eigenvalue weighted by Crippen LogP contribution is 2.22. The number of imidazole rings is 1. The van der Waals surface area contributed by atoms with Crippen molar-refractivity contribution in [3.63, 3.8) is 0 Å². The Hall–Kier alpha value is -1.34. The Bertz CT molecular complexity index is 556. The molecule has 0 saturated heterocycles. The van der Waals surface area contributed by atoms with Crippen LogP contribution in [0.5, 0.6) is 0 Å². The zero-order chi connectivity index (χ0) is 15.2. The number of aryl methyl sites for hydroxylation is 1. The second kappa shape index (κ2) is 7.61. The molecule has 0 spiro atoms. The molecule has 0 unspecified atom stereocenters. The lowest BCUT2D eigenvalue weighted by atomic mass is 10.0. The fourth-order valence-corrected chi connectivity index (χ4v) is 2.85. The van der Waals surface area contributed by atoms with E-state index in [1.165, 1.54) is 11.8 Å². The maximum Gasteiger partial charge on any atom is 0.167 e. The molecular formula is C15H20N2O3S. The molecule has 0 aliphatic carbocycles. The molecule has 114 valence electrons. The maximum absolute atomic E-state index is 10.1. The van der Waals surface area contributed by atoms with Crippen molar-refractivity contribution < 1.29 is 15.3 Å². The monoisotopic (exact) mass is 308 g/mol. The van der Waals surface area contributed by atoms with Crippen molar-refractivity contribution in [1.29, 1.82) is 0 Å². The quantitative estimate of drug-likeness (QED) is 0.676. The first-order valence-corrected chi connectivity index (χ1v) is 7.74. The van der Waals surface area contributed by atoms with Gasteiger partial charge in [0.05, 0.1) is 18.8 Å². The SMILES string of the molecule is Cn1ccnc1SC[C@H](O)C[C@H](O)c1ccc(CO)cc1. The molecule has 0 saturated carbocycles. The molecule has 3 N–H and O–H groups in total. The molecule has 2 aromatic rings. The van der Waals surface area contributed by atoms with Gasteiger partial charge in [0, 0.05) is 31.6 Å². The van der Waals surface area contributed by atoms with E-state index in [1.54, 1.807) is 30.5 Å². The summed E-state index contributed by atoms with van der Waals surface area (Å²) in [6.45, 7) is -0.0146. The van der Waals surface area contributed by atoms with Crippen LogP contribution in [0.15, 0.2) is 41.8 Å². The van der Waals surface area contributed by atoms with Crippen molar-refractivity contribution in [2.75, 3.05) is 5.75 Å². The average Bonchev–Trinajstić information content (AvgIpc) is 2.90. The zero-order valence-electron chi connectivity index (χ0n) is 11.9. The molecule has 2 atom stereocenters. The summed E-state index contributed by atoms with van der Waals surface area (Å²) in [5.41, 5.74) is 1.55. The number of rotatable bonds is 7. The van der Waals surface area contributed by atoms with Gasteiger partial charge in [0.15, 0.2) is 5.16 Å². The molecule has 0 amide bonds. The lowest BCUT2D eigenvalue weighted by molar-refractivity contribution is 0.0930. The number of aromatic nitrogens is 2. The lowest BCUT2D eigenvalue weighted by Crippen LogP contribution is -2.15. The Kier molecular flexibility index (Phi) is 5.81. The number of thioether (sulfide) groups is 1. The van der Waals surface area contributed by atoms with Crippen molar-refractivity contribution >= 4 is 11.8 Å². The van der Waals surface area contributed by atoms with E-state index in [2.05, 4.69) is 4.98 Å². The van der Waals surface area contributed by atoms with Gasteiger partial charge in [-0.25, -0.2) is 4.98 Å². The Labute approximate surface area is 128 Å². The molecule has 2 rings (SSSR count). The molecule has 5 nitrogen and oxygen atoms in total. The van der Waals surface area contributed by atoms with Gasteiger partial charge in [0.2, 0.25) is 0 Å². The molecule has 1 aromatic carbocycles. The molecule has 0 bridgehead atoms. The number of hydrogen-bond donors (Lipinski definition) is 3. The van der Waals surface area contributed by atoms with Gasteiger partial charge in [-0.05, 0) is 11.1 Å². The number of nitrogens with zero attached hydrogens (tertiary/aromatic N) is 2. The Morgan fingerprint density at radius 2 is 1.95 bits per heavy atom. The van der Waals surface area contributed by atoms with E-state index in [0.717, 1.165) is 16.3 Å². The number of hydrogen-bond acceptors (Lipinski definition) is 5. The molecule has 6 heteroatoms. The predicted octanol–water partition coefficient (Wildman–Crippen LogP) is 1.49. The summed E-state index contributed by atoms with van der Waals surface area (Å²) in [5, 5.41) is 30.0. The number of aliphatic hydroxyl groups excluding tert-OH is 3. The fraction of sp³-hybridized carbons (Fsp3) is 0.400. The normalized spacial score (nSPS) is 14.1. The minimum Gasteiger partial charge on any atom is -0.392 e. The first-order chi connectivity index (χ1) is 10.1. The first kappa shape index (κ1) is 16.0. The van der Waals surface area contributed by atoms with E-state index in [-0.39, 0.29) is 13.0 Å². The Morgan fingerprint density at radius 1 is 1.24 bits per heavy atom. The second-order valence-corrected chi connectivity index (χ2v) is 5.92. The summed E-state index contributed by atoms with van der Waals surface area (Å²) in [6.07, 6.45) is 2.52. The van der Waals surface area contributed by atoms with Crippen molar-refractivity contribution in [2.24, 2.45) is 7.05 Å². The predicted molar refractivity (Wildman–Crippen MR) is 81.9 cm³/mol. The van der Waals surface area contributed by atoms with E-state index in [0.29, 0.717) is 5.75 Å². The Morgan fingerprint density at radius 3 is 2.52 bits per heavy atom. The van der Waals surface area contributed by atoms with Crippen LogP contribution in [0.25, 0.3) is 0 Å². The third kappa shape index (κ3) is 4.57. The van der Waals surface area contributed by atoms with Gasteiger partial charge in [0.25, 0.3) is 0 Å². The number of benzene rings is 1. The molecule has 21 heavy (non-hydrogen) atoms. The van der Waals surface area contributed by atoms with Gasteiger partial charge in [0.1, 0.15) is 0 Å². The van der Waals surface area contributed by atoms with E-state index >= 15 is 0 Å². The summed E-state index contributed by atoms with van der Waals surface area (Å²) in [5.74, 6) is 0.483. The first-order valence-electron chi connectivity index (χ1n) is 6.76. The fourth-order valence-electron chi connectivity index (χ4n) is 1.97. The molecule has 0 aliphatic rings. The minimum atomic E-state index is -0.713. The van der Waals surface area contributed by atoms with Gasteiger partial charge in [-0.2, -0.15) is 0 Å². The van der Waals surface area contributed by atoms with Crippen molar-refractivity contribution in [1.82, 2.24) is 9.55 Å². The van der Waals surface area contributed by atoms with Crippen molar-refractivity contribution in [3.8, 4) is 0 Å². The standard InChI is InChI=1S/C15H20N2O3S/c1-17-7-6-16-15(17)21-10-13(19)8-14(20)12-4-2-11(9-18)3-5-12/h2-7,13-14,18-20H,8-10H2,1H3/t13-,14+/m1/s1. The van der Waals surface area contributed by atoms with E-state index in [9.17, 15) is 10.2 Å². The van der Waals surface area contributed by atoms with Crippen LogP contribution in [0.3, 0.4) is 0 Å². The summed E-state index contributed by atoms with van der Waals surface area (Å²) in [6, 6.07) is 7.09. The van der Waals surface area contributed by atoms with Crippen LogP contribution in [0.4, 0.5) is 0 Å². The minimum absolute atomic E-state index is 0.0146. The van der Waals surface area contributed by atoms with Crippen LogP contribution in [0.1, 0.15) is 23.7 Å². The third-order valence-corrected chi connectivity index (χ3v) is 4.43. The largest absolute Gasteiger partial charge is 0.392 e. The van der Waals surface area contributed by atoms with Crippen LogP contribution in [-0.4, -0.2) is 36.7 Å². The van der Waals surface area contributed by atoms with Crippen molar-refractivity contribution in [2.45, 2.75) is 30.4 Å². The van der Waals surface area contributed by atoms with Crippen LogP contribution in [0.2, 0.25) is 0 Å². The highest BCUT2D eigenvalue weighted by atomic mass is 32.2.